The van der Waals surface area contributed by atoms with Crippen LogP contribution in [0.3, 0.4) is 0 Å². The maximum atomic E-state index is 12.4. The molecule has 0 aliphatic rings. The third-order valence-corrected chi connectivity index (χ3v) is 4.12. The minimum Gasteiger partial charge on any atom is -0.497 e. The van der Waals surface area contributed by atoms with E-state index in [1.165, 1.54) is 0 Å². The first-order valence-corrected chi connectivity index (χ1v) is 8.95. The molecule has 0 aliphatic carbocycles. The number of hydrogen-bond acceptors (Lipinski definition) is 4. The number of methoxy groups -OCH3 is 1. The topological polar surface area (TPSA) is 76.7 Å². The first kappa shape index (κ1) is 20.3. The van der Waals surface area contributed by atoms with E-state index in [2.05, 4.69) is 10.6 Å². The molecule has 2 atom stereocenters. The Morgan fingerprint density at radius 2 is 1.70 bits per heavy atom. The molecule has 2 rings (SSSR count). The van der Waals surface area contributed by atoms with Gasteiger partial charge in [-0.1, -0.05) is 13.0 Å². The highest BCUT2D eigenvalue weighted by Gasteiger charge is 2.16. The SMILES string of the molecule is CCC(C)NC(=O)c1cccc(NC(=O)C(C)Oc2ccc(OC)cc2)c1. The molecular formula is C21H26N2O4. The van der Waals surface area contributed by atoms with Gasteiger partial charge in [0.25, 0.3) is 11.8 Å². The fourth-order valence-corrected chi connectivity index (χ4v) is 2.30. The molecule has 27 heavy (non-hydrogen) atoms. The lowest BCUT2D eigenvalue weighted by Crippen LogP contribution is -2.32. The van der Waals surface area contributed by atoms with E-state index >= 15 is 0 Å². The molecule has 0 spiro atoms. The summed E-state index contributed by atoms with van der Waals surface area (Å²) in [7, 11) is 1.59. The van der Waals surface area contributed by atoms with Gasteiger partial charge in [0.05, 0.1) is 7.11 Å². The van der Waals surface area contributed by atoms with Crippen molar-refractivity contribution in [2.45, 2.75) is 39.3 Å². The molecule has 6 nitrogen and oxygen atoms in total. The van der Waals surface area contributed by atoms with E-state index in [1.54, 1.807) is 62.6 Å². The number of ether oxygens (including phenoxy) is 2. The predicted octanol–water partition coefficient (Wildman–Crippen LogP) is 3.63. The van der Waals surface area contributed by atoms with Gasteiger partial charge < -0.3 is 20.1 Å². The Bertz CT molecular complexity index is 774. The molecule has 2 amide bonds. The summed E-state index contributed by atoms with van der Waals surface area (Å²) in [5.74, 6) is 0.820. The van der Waals surface area contributed by atoms with Crippen molar-refractivity contribution in [3.8, 4) is 11.5 Å². The zero-order chi connectivity index (χ0) is 19.8. The number of carbonyl (C=O) groups excluding carboxylic acids is 2. The smallest absolute Gasteiger partial charge is 0.265 e. The summed E-state index contributed by atoms with van der Waals surface area (Å²) in [6.07, 6.45) is 0.151. The van der Waals surface area contributed by atoms with E-state index in [9.17, 15) is 9.59 Å². The van der Waals surface area contributed by atoms with Crippen LogP contribution in [0.5, 0.6) is 11.5 Å². The molecular weight excluding hydrogens is 344 g/mol. The molecule has 2 aromatic carbocycles. The number of nitrogens with one attached hydrogen (secondary N) is 2. The van der Waals surface area contributed by atoms with Crippen LogP contribution in [-0.2, 0) is 4.79 Å². The molecule has 2 N–H and O–H groups in total. The molecule has 0 heterocycles. The number of amides is 2. The Labute approximate surface area is 159 Å². The maximum absolute atomic E-state index is 12.4. The summed E-state index contributed by atoms with van der Waals surface area (Å²) in [4.78, 5) is 24.6. The Morgan fingerprint density at radius 3 is 2.33 bits per heavy atom. The van der Waals surface area contributed by atoms with Gasteiger partial charge in [-0.3, -0.25) is 9.59 Å². The van der Waals surface area contributed by atoms with Crippen molar-refractivity contribution in [1.82, 2.24) is 5.32 Å². The van der Waals surface area contributed by atoms with Crippen molar-refractivity contribution in [2.75, 3.05) is 12.4 Å². The minimum absolute atomic E-state index is 0.0914. The molecule has 0 radical (unpaired) electrons. The second-order valence-corrected chi connectivity index (χ2v) is 6.29. The highest BCUT2D eigenvalue weighted by Crippen LogP contribution is 2.19. The molecule has 0 saturated heterocycles. The van der Waals surface area contributed by atoms with Gasteiger partial charge in [0.2, 0.25) is 0 Å². The van der Waals surface area contributed by atoms with Gasteiger partial charge in [-0.15, -0.1) is 0 Å². The summed E-state index contributed by atoms with van der Waals surface area (Å²) in [6.45, 7) is 5.62. The van der Waals surface area contributed by atoms with Crippen molar-refractivity contribution in [2.24, 2.45) is 0 Å². The minimum atomic E-state index is -0.698. The summed E-state index contributed by atoms with van der Waals surface area (Å²) >= 11 is 0. The third kappa shape index (κ3) is 6.02. The van der Waals surface area contributed by atoms with Crippen molar-refractivity contribution in [1.29, 1.82) is 0 Å². The fraction of sp³-hybridized carbons (Fsp3) is 0.333. The van der Waals surface area contributed by atoms with Crippen LogP contribution in [0.25, 0.3) is 0 Å². The van der Waals surface area contributed by atoms with Crippen molar-refractivity contribution < 1.29 is 19.1 Å². The Hall–Kier alpha value is -3.02. The summed E-state index contributed by atoms with van der Waals surface area (Å²) in [5.41, 5.74) is 1.04. The first-order valence-electron chi connectivity index (χ1n) is 8.95. The third-order valence-electron chi connectivity index (χ3n) is 4.12. The van der Waals surface area contributed by atoms with Gasteiger partial charge in [0.1, 0.15) is 11.5 Å². The average molecular weight is 370 g/mol. The van der Waals surface area contributed by atoms with Crippen molar-refractivity contribution in [3.05, 3.63) is 54.1 Å². The predicted molar refractivity (Wildman–Crippen MR) is 105 cm³/mol. The van der Waals surface area contributed by atoms with E-state index in [4.69, 9.17) is 9.47 Å². The van der Waals surface area contributed by atoms with Gasteiger partial charge in [0, 0.05) is 17.3 Å². The molecule has 0 aliphatic heterocycles. The summed E-state index contributed by atoms with van der Waals surface area (Å²) in [6, 6.07) is 13.9. The first-order chi connectivity index (χ1) is 12.9. The average Bonchev–Trinajstić information content (AvgIpc) is 2.68. The molecule has 144 valence electrons. The van der Waals surface area contributed by atoms with Gasteiger partial charge >= 0.3 is 0 Å². The number of anilines is 1. The van der Waals surface area contributed by atoms with Gasteiger partial charge in [-0.05, 0) is 62.7 Å². The molecule has 6 heteroatoms. The lowest BCUT2D eigenvalue weighted by Gasteiger charge is -2.16. The summed E-state index contributed by atoms with van der Waals surface area (Å²) in [5, 5.41) is 5.68. The molecule has 0 fully saturated rings. The van der Waals surface area contributed by atoms with Crippen LogP contribution >= 0.6 is 0 Å². The maximum Gasteiger partial charge on any atom is 0.265 e. The lowest BCUT2D eigenvalue weighted by molar-refractivity contribution is -0.122. The van der Waals surface area contributed by atoms with Crippen molar-refractivity contribution in [3.63, 3.8) is 0 Å². The zero-order valence-corrected chi connectivity index (χ0v) is 16.1. The van der Waals surface area contributed by atoms with Crippen LogP contribution in [0.1, 0.15) is 37.6 Å². The standard InChI is InChI=1S/C21H26N2O4/c1-5-14(2)22-21(25)16-7-6-8-17(13-16)23-20(24)15(3)27-19-11-9-18(26-4)10-12-19/h6-15H,5H2,1-4H3,(H,22,25)(H,23,24). The van der Waals surface area contributed by atoms with E-state index in [-0.39, 0.29) is 17.9 Å². The van der Waals surface area contributed by atoms with E-state index in [1.807, 2.05) is 13.8 Å². The van der Waals surface area contributed by atoms with Crippen molar-refractivity contribution >= 4 is 17.5 Å². The number of benzene rings is 2. The molecule has 0 bridgehead atoms. The van der Waals surface area contributed by atoms with Crippen LogP contribution in [0.2, 0.25) is 0 Å². The van der Waals surface area contributed by atoms with E-state index in [0.717, 1.165) is 6.42 Å². The highest BCUT2D eigenvalue weighted by molar-refractivity contribution is 5.98. The Kier molecular flexibility index (Phi) is 7.23. The number of hydrogen-bond donors (Lipinski definition) is 2. The number of carbonyl (C=O) groups is 2. The quantitative estimate of drug-likeness (QED) is 0.744. The monoisotopic (exact) mass is 370 g/mol. The van der Waals surface area contributed by atoms with E-state index in [0.29, 0.717) is 22.7 Å². The van der Waals surface area contributed by atoms with E-state index < -0.39 is 6.10 Å². The zero-order valence-electron chi connectivity index (χ0n) is 16.1. The van der Waals surface area contributed by atoms with Gasteiger partial charge in [-0.25, -0.2) is 0 Å². The highest BCUT2D eigenvalue weighted by atomic mass is 16.5. The molecule has 2 aromatic rings. The normalized spacial score (nSPS) is 12.6. The van der Waals surface area contributed by atoms with Crippen LogP contribution in [0.15, 0.2) is 48.5 Å². The van der Waals surface area contributed by atoms with Crippen LogP contribution in [-0.4, -0.2) is 31.1 Å². The summed E-state index contributed by atoms with van der Waals surface area (Å²) < 4.78 is 10.7. The second kappa shape index (κ2) is 9.62. The fourth-order valence-electron chi connectivity index (χ4n) is 2.30. The van der Waals surface area contributed by atoms with Crippen LogP contribution in [0, 0.1) is 0 Å². The van der Waals surface area contributed by atoms with Gasteiger partial charge in [-0.2, -0.15) is 0 Å². The lowest BCUT2D eigenvalue weighted by atomic mass is 10.1. The van der Waals surface area contributed by atoms with Crippen LogP contribution < -0.4 is 20.1 Å². The van der Waals surface area contributed by atoms with Crippen LogP contribution in [0.4, 0.5) is 5.69 Å². The second-order valence-electron chi connectivity index (χ2n) is 6.29. The number of rotatable bonds is 8. The van der Waals surface area contributed by atoms with Gasteiger partial charge in [0.15, 0.2) is 6.10 Å². The Morgan fingerprint density at radius 1 is 1.04 bits per heavy atom. The molecule has 0 aromatic heterocycles. The Balaban J connectivity index is 1.97. The molecule has 2 unspecified atom stereocenters. The molecule has 0 saturated carbocycles. The largest absolute Gasteiger partial charge is 0.497 e.